The molecule has 2 N–H and O–H groups in total. The minimum absolute atomic E-state index is 0.0398. The Morgan fingerprint density at radius 1 is 1.29 bits per heavy atom. The second-order valence-electron chi connectivity index (χ2n) is 5.96. The van der Waals surface area contributed by atoms with Crippen molar-refractivity contribution in [3.63, 3.8) is 0 Å². The molecule has 126 valence electrons. The largest absolute Gasteiger partial charge is 0.480 e. The van der Waals surface area contributed by atoms with Gasteiger partial charge in [0.15, 0.2) is 11.4 Å². The van der Waals surface area contributed by atoms with Crippen LogP contribution in [0.5, 0.6) is 0 Å². The van der Waals surface area contributed by atoms with Gasteiger partial charge in [-0.15, -0.1) is 0 Å². The van der Waals surface area contributed by atoms with Crippen LogP contribution in [-0.4, -0.2) is 27.1 Å². The van der Waals surface area contributed by atoms with Crippen LogP contribution in [0.3, 0.4) is 0 Å². The van der Waals surface area contributed by atoms with E-state index in [9.17, 15) is 9.90 Å². The van der Waals surface area contributed by atoms with Crippen LogP contribution in [0.25, 0.3) is 22.1 Å². The third kappa shape index (κ3) is 2.79. The second kappa shape index (κ2) is 6.47. The fraction of sp³-hybridized carbons (Fsp3) is 0.389. The number of hydrogen-bond donors (Lipinski definition) is 2. The monoisotopic (exact) mass is 327 g/mol. The van der Waals surface area contributed by atoms with Gasteiger partial charge in [-0.3, -0.25) is 0 Å². The molecule has 0 saturated heterocycles. The summed E-state index contributed by atoms with van der Waals surface area (Å²) in [5, 5.41) is 13.5. The number of hydrogen-bond acceptors (Lipinski definition) is 5. The third-order valence-corrected chi connectivity index (χ3v) is 4.35. The van der Waals surface area contributed by atoms with E-state index in [1.165, 1.54) is 0 Å². The van der Waals surface area contributed by atoms with Gasteiger partial charge in [0, 0.05) is 11.8 Å². The minimum atomic E-state index is -0.898. The van der Waals surface area contributed by atoms with Gasteiger partial charge in [0.1, 0.15) is 23.0 Å². The van der Waals surface area contributed by atoms with E-state index in [0.717, 1.165) is 11.8 Å². The fourth-order valence-electron chi connectivity index (χ4n) is 2.72. The number of aliphatic carboxylic acids is 1. The van der Waals surface area contributed by atoms with Gasteiger partial charge in [-0.25, -0.2) is 14.8 Å². The van der Waals surface area contributed by atoms with E-state index in [1.54, 1.807) is 0 Å². The van der Waals surface area contributed by atoms with Gasteiger partial charge >= 0.3 is 5.97 Å². The van der Waals surface area contributed by atoms with Crippen molar-refractivity contribution in [2.45, 2.75) is 39.7 Å². The van der Waals surface area contributed by atoms with Crippen molar-refractivity contribution < 1.29 is 14.3 Å². The Balaban J connectivity index is 2.17. The Morgan fingerprint density at radius 2 is 2.04 bits per heavy atom. The lowest BCUT2D eigenvalue weighted by molar-refractivity contribution is -0.139. The van der Waals surface area contributed by atoms with Crippen molar-refractivity contribution >= 4 is 33.9 Å². The van der Waals surface area contributed by atoms with E-state index in [1.807, 2.05) is 45.0 Å². The Kier molecular flexibility index (Phi) is 4.38. The topological polar surface area (TPSA) is 88.2 Å². The van der Waals surface area contributed by atoms with Crippen molar-refractivity contribution in [2.24, 2.45) is 5.92 Å². The third-order valence-electron chi connectivity index (χ3n) is 4.35. The predicted octanol–water partition coefficient (Wildman–Crippen LogP) is 3.85. The van der Waals surface area contributed by atoms with Crippen molar-refractivity contribution in [1.29, 1.82) is 0 Å². The highest BCUT2D eigenvalue weighted by Crippen LogP contribution is 2.32. The molecule has 2 aromatic heterocycles. The number of anilines is 1. The first-order valence-electron chi connectivity index (χ1n) is 8.22. The second-order valence-corrected chi connectivity index (χ2v) is 5.96. The average Bonchev–Trinajstić information content (AvgIpc) is 2.97. The van der Waals surface area contributed by atoms with Crippen molar-refractivity contribution in [3.05, 3.63) is 30.1 Å². The number of benzene rings is 1. The molecule has 2 heterocycles. The summed E-state index contributed by atoms with van der Waals surface area (Å²) in [6.45, 7) is 5.84. The van der Waals surface area contributed by atoms with Crippen molar-refractivity contribution in [2.75, 3.05) is 5.32 Å². The average molecular weight is 327 g/mol. The number of nitrogens with zero attached hydrogens (tertiary/aromatic N) is 2. The van der Waals surface area contributed by atoms with E-state index in [0.29, 0.717) is 34.7 Å². The van der Waals surface area contributed by atoms with Crippen LogP contribution in [0.1, 0.15) is 33.0 Å². The normalized spacial score (nSPS) is 14.0. The first kappa shape index (κ1) is 16.2. The number of rotatable bonds is 6. The van der Waals surface area contributed by atoms with Crippen LogP contribution in [0.4, 0.5) is 5.82 Å². The molecule has 0 bridgehead atoms. The number of fused-ring (bicyclic) bond motifs is 3. The van der Waals surface area contributed by atoms with Crippen LogP contribution < -0.4 is 5.32 Å². The molecule has 0 aliphatic rings. The lowest BCUT2D eigenvalue weighted by atomic mass is 9.99. The van der Waals surface area contributed by atoms with Crippen LogP contribution in [0, 0.1) is 5.92 Å². The maximum Gasteiger partial charge on any atom is 0.326 e. The van der Waals surface area contributed by atoms with E-state index < -0.39 is 12.0 Å². The molecule has 0 fully saturated rings. The highest BCUT2D eigenvalue weighted by Gasteiger charge is 2.26. The Bertz CT molecular complexity index is 888. The van der Waals surface area contributed by atoms with E-state index in [4.69, 9.17) is 4.42 Å². The molecule has 0 amide bonds. The number of aryl methyl sites for hydroxylation is 1. The summed E-state index contributed by atoms with van der Waals surface area (Å²) >= 11 is 0. The first-order valence-corrected chi connectivity index (χ1v) is 8.22. The summed E-state index contributed by atoms with van der Waals surface area (Å²) < 4.78 is 5.90. The Hall–Kier alpha value is -2.63. The van der Waals surface area contributed by atoms with Crippen LogP contribution in [0.15, 0.2) is 28.7 Å². The van der Waals surface area contributed by atoms with Crippen molar-refractivity contribution in [1.82, 2.24) is 9.97 Å². The van der Waals surface area contributed by atoms with E-state index >= 15 is 0 Å². The molecule has 0 radical (unpaired) electrons. The quantitative estimate of drug-likeness (QED) is 0.715. The van der Waals surface area contributed by atoms with Crippen LogP contribution in [0.2, 0.25) is 0 Å². The lowest BCUT2D eigenvalue weighted by Crippen LogP contribution is -2.35. The zero-order valence-corrected chi connectivity index (χ0v) is 14.0. The summed E-state index contributed by atoms with van der Waals surface area (Å²) in [5.41, 5.74) is 1.93. The molecule has 1 aromatic carbocycles. The van der Waals surface area contributed by atoms with Gasteiger partial charge in [-0.1, -0.05) is 39.3 Å². The number of aromatic nitrogens is 2. The van der Waals surface area contributed by atoms with Gasteiger partial charge in [-0.05, 0) is 18.1 Å². The summed E-state index contributed by atoms with van der Waals surface area (Å²) in [7, 11) is 0. The highest BCUT2D eigenvalue weighted by molar-refractivity contribution is 6.05. The fourth-order valence-corrected chi connectivity index (χ4v) is 2.72. The minimum Gasteiger partial charge on any atom is -0.480 e. The smallest absolute Gasteiger partial charge is 0.326 e. The summed E-state index contributed by atoms with van der Waals surface area (Å²) in [6, 6.07) is 6.91. The maximum atomic E-state index is 11.6. The molecule has 6 nitrogen and oxygen atoms in total. The number of furan rings is 1. The number of nitrogens with one attached hydrogen (secondary N) is 1. The maximum absolute atomic E-state index is 11.6. The number of carboxylic acid groups (broad SMARTS) is 1. The lowest BCUT2D eigenvalue weighted by Gasteiger charge is -2.20. The van der Waals surface area contributed by atoms with E-state index in [-0.39, 0.29) is 5.92 Å². The number of carboxylic acids is 1. The first-order chi connectivity index (χ1) is 11.5. The van der Waals surface area contributed by atoms with Gasteiger partial charge in [0.2, 0.25) is 0 Å². The van der Waals surface area contributed by atoms with Gasteiger partial charge in [0.25, 0.3) is 0 Å². The molecule has 0 aliphatic heterocycles. The highest BCUT2D eigenvalue weighted by atomic mass is 16.4. The Morgan fingerprint density at radius 3 is 2.71 bits per heavy atom. The molecule has 0 unspecified atom stereocenters. The molecule has 24 heavy (non-hydrogen) atoms. The molecule has 6 heteroatoms. The molecular weight excluding hydrogens is 306 g/mol. The molecule has 0 aliphatic carbocycles. The molecule has 2 atom stereocenters. The van der Waals surface area contributed by atoms with Gasteiger partial charge in [-0.2, -0.15) is 0 Å². The SMILES string of the molecule is CCc1nc(N[C@H](C(=O)O)[C@H](C)CC)c2oc3ccccc3c2n1. The summed E-state index contributed by atoms with van der Waals surface area (Å²) in [4.78, 5) is 20.7. The molecule has 3 rings (SSSR count). The standard InChI is InChI=1S/C18H21N3O3/c1-4-10(3)14(18(22)23)21-17-16-15(19-13(5-2)20-17)11-8-6-7-9-12(11)24-16/h6-10,14H,4-5H2,1-3H3,(H,22,23)(H,19,20,21)/t10-,14+/m1/s1. The van der Waals surface area contributed by atoms with Crippen LogP contribution >= 0.6 is 0 Å². The van der Waals surface area contributed by atoms with Crippen molar-refractivity contribution in [3.8, 4) is 0 Å². The molecule has 0 spiro atoms. The summed E-state index contributed by atoms with van der Waals surface area (Å²) in [6.07, 6.45) is 1.41. The molecule has 0 saturated carbocycles. The van der Waals surface area contributed by atoms with Crippen LogP contribution in [-0.2, 0) is 11.2 Å². The molecular formula is C18H21N3O3. The van der Waals surface area contributed by atoms with E-state index in [2.05, 4.69) is 15.3 Å². The van der Waals surface area contributed by atoms with Gasteiger partial charge < -0.3 is 14.8 Å². The Labute approximate surface area is 139 Å². The number of carbonyl (C=O) groups is 1. The van der Waals surface area contributed by atoms with Gasteiger partial charge in [0.05, 0.1) is 0 Å². The zero-order valence-electron chi connectivity index (χ0n) is 14.0. The predicted molar refractivity (Wildman–Crippen MR) is 93.2 cm³/mol. The summed E-state index contributed by atoms with van der Waals surface area (Å²) in [5.74, 6) is 0.165. The molecule has 3 aromatic rings. The zero-order chi connectivity index (χ0) is 17.3. The number of para-hydroxylation sites is 1.